The highest BCUT2D eigenvalue weighted by atomic mass is 16.5. The van der Waals surface area contributed by atoms with E-state index in [-0.39, 0.29) is 0 Å². The monoisotopic (exact) mass is 418 g/mol. The lowest BCUT2D eigenvalue weighted by atomic mass is 10.1. The van der Waals surface area contributed by atoms with E-state index in [2.05, 4.69) is 30.1 Å². The molecule has 1 aromatic rings. The zero-order valence-electron chi connectivity index (χ0n) is 19.0. The lowest BCUT2D eigenvalue weighted by Gasteiger charge is -2.22. The average molecular weight is 419 g/mol. The van der Waals surface area contributed by atoms with Gasteiger partial charge in [0.15, 0.2) is 0 Å². The van der Waals surface area contributed by atoms with Crippen LogP contribution in [0.3, 0.4) is 0 Å². The molecule has 0 saturated carbocycles. The minimum atomic E-state index is 0.349. The normalized spacial score (nSPS) is 17.9. The molecule has 0 bridgehead atoms. The number of nitrogens with zero attached hydrogens (tertiary/aromatic N) is 3. The van der Waals surface area contributed by atoms with Gasteiger partial charge in [0.25, 0.3) is 0 Å². The van der Waals surface area contributed by atoms with Gasteiger partial charge in [0.05, 0.1) is 13.2 Å². The van der Waals surface area contributed by atoms with Crippen molar-refractivity contribution >= 4 is 5.71 Å². The van der Waals surface area contributed by atoms with E-state index in [9.17, 15) is 0 Å². The van der Waals surface area contributed by atoms with Gasteiger partial charge in [-0.25, -0.2) is 0 Å². The maximum Gasteiger partial charge on any atom is 0.131 e. The van der Waals surface area contributed by atoms with E-state index in [0.29, 0.717) is 26.3 Å². The first-order valence-corrected chi connectivity index (χ1v) is 11.0. The van der Waals surface area contributed by atoms with Gasteiger partial charge in [-0.15, -0.1) is 0 Å². The Morgan fingerprint density at radius 3 is 2.87 bits per heavy atom. The predicted octanol–water partition coefficient (Wildman–Crippen LogP) is 5.10. The molecule has 164 valence electrons. The number of hydrogen-bond acceptors (Lipinski definition) is 5. The number of terminal acetylenes is 1. The summed E-state index contributed by atoms with van der Waals surface area (Å²) in [4.78, 5) is 10.8. The molecule has 0 atom stereocenters. The van der Waals surface area contributed by atoms with Crippen LogP contribution in [0.4, 0.5) is 0 Å². The van der Waals surface area contributed by atoms with Gasteiger partial charge < -0.3 is 10.5 Å². The minimum absolute atomic E-state index is 0.349. The van der Waals surface area contributed by atoms with Gasteiger partial charge in [0, 0.05) is 47.5 Å². The number of nitrogens with two attached hydrogens (primary N) is 1. The number of hydrogen-bond donors (Lipinski definition) is 1. The van der Waals surface area contributed by atoms with Crippen molar-refractivity contribution < 1.29 is 4.74 Å². The van der Waals surface area contributed by atoms with Crippen LogP contribution in [0.25, 0.3) is 0 Å². The number of allylic oxidation sites excluding steroid dienone is 6. The topological polar surface area (TPSA) is 63.7 Å². The molecule has 31 heavy (non-hydrogen) atoms. The molecular weight excluding hydrogens is 384 g/mol. The lowest BCUT2D eigenvalue weighted by Crippen LogP contribution is -2.22. The smallest absolute Gasteiger partial charge is 0.131 e. The Labute approximate surface area is 187 Å². The maximum absolute atomic E-state index is 6.42. The largest absolute Gasteiger partial charge is 0.398 e. The average Bonchev–Trinajstić information content (AvgIpc) is 3.12. The molecule has 0 aliphatic heterocycles. The van der Waals surface area contributed by atoms with Gasteiger partial charge in [-0.1, -0.05) is 51.5 Å². The molecule has 0 aromatic carbocycles. The van der Waals surface area contributed by atoms with Crippen molar-refractivity contribution in [3.8, 4) is 12.5 Å². The van der Waals surface area contributed by atoms with E-state index >= 15 is 0 Å². The molecule has 1 aromatic heterocycles. The quantitative estimate of drug-likeness (QED) is 0.362. The molecule has 5 nitrogen and oxygen atoms in total. The Bertz CT molecular complexity index is 901. The van der Waals surface area contributed by atoms with E-state index in [1.54, 1.807) is 6.20 Å². The van der Waals surface area contributed by atoms with Gasteiger partial charge in [-0.05, 0) is 42.5 Å². The first-order chi connectivity index (χ1) is 15.2. The maximum atomic E-state index is 6.42. The number of pyridine rings is 1. The highest BCUT2D eigenvalue weighted by Gasteiger charge is 2.23. The molecule has 2 aliphatic rings. The van der Waals surface area contributed by atoms with Gasteiger partial charge in [-0.3, -0.25) is 14.9 Å². The molecule has 2 aliphatic carbocycles. The van der Waals surface area contributed by atoms with Crippen molar-refractivity contribution in [1.29, 1.82) is 0 Å². The number of aromatic nitrogens is 1. The van der Waals surface area contributed by atoms with E-state index in [1.807, 2.05) is 49.2 Å². The molecule has 2 N–H and O–H groups in total. The molecule has 0 fully saturated rings. The van der Waals surface area contributed by atoms with Crippen molar-refractivity contribution in [2.75, 3.05) is 13.3 Å². The molecule has 0 radical (unpaired) electrons. The Morgan fingerprint density at radius 2 is 2.23 bits per heavy atom. The summed E-state index contributed by atoms with van der Waals surface area (Å²) in [6.45, 7) is 7.49. The molecule has 5 heteroatoms. The van der Waals surface area contributed by atoms with Gasteiger partial charge in [-0.2, -0.15) is 0 Å². The van der Waals surface area contributed by atoms with Crippen LogP contribution >= 0.6 is 0 Å². The fourth-order valence-corrected chi connectivity index (χ4v) is 3.40. The second-order valence-electron chi connectivity index (χ2n) is 7.00. The summed E-state index contributed by atoms with van der Waals surface area (Å²) in [5.74, 6) is 0. The highest BCUT2D eigenvalue weighted by Crippen LogP contribution is 2.27. The van der Waals surface area contributed by atoms with Gasteiger partial charge >= 0.3 is 0 Å². The molecule has 0 spiro atoms. The summed E-state index contributed by atoms with van der Waals surface area (Å²) in [5, 5.41) is 0. The van der Waals surface area contributed by atoms with Gasteiger partial charge in [0.1, 0.15) is 6.73 Å². The Hall–Kier alpha value is -3.10. The summed E-state index contributed by atoms with van der Waals surface area (Å²) in [7, 11) is 0. The Kier molecular flexibility index (Phi) is 10.3. The second kappa shape index (κ2) is 13.3. The van der Waals surface area contributed by atoms with Crippen LogP contribution in [0.2, 0.25) is 0 Å². The first-order valence-electron chi connectivity index (χ1n) is 11.0. The van der Waals surface area contributed by atoms with Crippen LogP contribution in [-0.4, -0.2) is 28.9 Å². The van der Waals surface area contributed by atoms with E-state index < -0.39 is 0 Å². The fraction of sp³-hybridized carbons (Fsp3) is 0.385. The molecule has 0 saturated heterocycles. The predicted molar refractivity (Wildman–Crippen MR) is 129 cm³/mol. The standard InChI is InChI=1S/C24H28N4O.C2H6/c1-3-9-22-23(27-16-19-10-8-13-26-15-19)14-20(24(22)25)17-29-18-28(4-2)21-11-6-5-7-12-21;1-2/h2,5-6,8-11,13,15H,3,7,12,14,16-18,25H2,1H3;1-2H3/b22-9+,27-23?;. The van der Waals surface area contributed by atoms with Crippen LogP contribution < -0.4 is 5.73 Å². The summed E-state index contributed by atoms with van der Waals surface area (Å²) in [5.41, 5.74) is 12.5. The van der Waals surface area contributed by atoms with Crippen LogP contribution in [0, 0.1) is 12.5 Å². The molecule has 1 heterocycles. The second-order valence-corrected chi connectivity index (χ2v) is 7.00. The zero-order chi connectivity index (χ0) is 22.5. The van der Waals surface area contributed by atoms with Crippen LogP contribution in [-0.2, 0) is 11.3 Å². The van der Waals surface area contributed by atoms with Crippen LogP contribution in [0.5, 0.6) is 0 Å². The summed E-state index contributed by atoms with van der Waals surface area (Å²) < 4.78 is 5.92. The van der Waals surface area contributed by atoms with Crippen molar-refractivity contribution in [2.45, 2.75) is 53.0 Å². The van der Waals surface area contributed by atoms with E-state index in [4.69, 9.17) is 21.9 Å². The molecule has 3 rings (SSSR count). The summed E-state index contributed by atoms with van der Waals surface area (Å²) >= 11 is 0. The van der Waals surface area contributed by atoms with Crippen molar-refractivity contribution in [2.24, 2.45) is 10.7 Å². The lowest BCUT2D eigenvalue weighted by molar-refractivity contribution is 0.0880. The number of aliphatic imine (C=N–C) groups is 1. The third-order valence-corrected chi connectivity index (χ3v) is 4.94. The summed E-state index contributed by atoms with van der Waals surface area (Å²) in [6.07, 6.45) is 21.2. The van der Waals surface area contributed by atoms with Crippen LogP contribution in [0.15, 0.2) is 76.4 Å². The van der Waals surface area contributed by atoms with Crippen molar-refractivity contribution in [3.05, 3.63) is 76.9 Å². The molecular formula is C26H34N4O. The highest BCUT2D eigenvalue weighted by molar-refractivity contribution is 6.08. The number of ether oxygens (including phenoxy) is 1. The van der Waals surface area contributed by atoms with Crippen LogP contribution in [0.1, 0.15) is 52.0 Å². The van der Waals surface area contributed by atoms with E-state index in [1.165, 1.54) is 0 Å². The SMILES string of the molecule is C#CN(COCC1=C(N)/C(=C/CC)C(=NCc2cccnc2)C1)C1=CC=CCC1.CC. The third kappa shape index (κ3) is 6.97. The van der Waals surface area contributed by atoms with Crippen molar-refractivity contribution in [1.82, 2.24) is 9.88 Å². The molecule has 0 unspecified atom stereocenters. The van der Waals surface area contributed by atoms with Gasteiger partial charge in [0.2, 0.25) is 0 Å². The third-order valence-electron chi connectivity index (χ3n) is 4.94. The Morgan fingerprint density at radius 1 is 1.39 bits per heavy atom. The zero-order valence-corrected chi connectivity index (χ0v) is 19.0. The summed E-state index contributed by atoms with van der Waals surface area (Å²) in [6, 6.07) is 6.65. The first kappa shape index (κ1) is 24.2. The fourth-order valence-electron chi connectivity index (χ4n) is 3.40. The minimum Gasteiger partial charge on any atom is -0.398 e. The van der Waals surface area contributed by atoms with E-state index in [0.717, 1.165) is 53.1 Å². The Balaban J connectivity index is 0.00000166. The number of rotatable bonds is 8. The van der Waals surface area contributed by atoms with Crippen molar-refractivity contribution in [3.63, 3.8) is 0 Å². The molecule has 0 amide bonds.